The van der Waals surface area contributed by atoms with Gasteiger partial charge in [0.1, 0.15) is 6.10 Å². The number of ether oxygens (including phenoxy) is 2. The summed E-state index contributed by atoms with van der Waals surface area (Å²) in [5, 5.41) is 13.8. The molecule has 1 fully saturated rings. The monoisotopic (exact) mass is 376 g/mol. The van der Waals surface area contributed by atoms with Gasteiger partial charge >= 0.3 is 0 Å². The molecular formula is C21H32N2O4. The molecule has 2 rings (SSSR count). The number of carbonyl (C=O) groups excluding carboxylic acids is 1. The number of aliphatic hydroxyl groups excluding tert-OH is 1. The highest BCUT2D eigenvalue weighted by Crippen LogP contribution is 2.28. The summed E-state index contributed by atoms with van der Waals surface area (Å²) in [6, 6.07) is 9.09. The Labute approximate surface area is 162 Å². The van der Waals surface area contributed by atoms with Gasteiger partial charge in [0.05, 0.1) is 18.8 Å². The van der Waals surface area contributed by atoms with Gasteiger partial charge in [-0.25, -0.2) is 0 Å². The Hall–Kier alpha value is -1.76. The Morgan fingerprint density at radius 3 is 2.81 bits per heavy atom. The Morgan fingerprint density at radius 2 is 2.11 bits per heavy atom. The van der Waals surface area contributed by atoms with Crippen molar-refractivity contribution in [3.05, 3.63) is 35.9 Å². The number of amides is 1. The molecule has 0 spiro atoms. The van der Waals surface area contributed by atoms with Crippen molar-refractivity contribution in [1.29, 1.82) is 0 Å². The van der Waals surface area contributed by atoms with Crippen molar-refractivity contribution in [1.82, 2.24) is 5.32 Å². The van der Waals surface area contributed by atoms with E-state index >= 15 is 0 Å². The quantitative estimate of drug-likeness (QED) is 0.486. The number of hydrogen-bond donors (Lipinski definition) is 2. The fourth-order valence-corrected chi connectivity index (χ4v) is 2.96. The predicted octanol–water partition coefficient (Wildman–Crippen LogP) is 3.01. The SMILES string of the molecule is CCCCN=C[C@H](NC(=O)CCC)[C@@H](O)[C@H]1CCO[C@@H](c2ccccc2)O1. The van der Waals surface area contributed by atoms with E-state index in [1.54, 1.807) is 6.21 Å². The van der Waals surface area contributed by atoms with Crippen LogP contribution >= 0.6 is 0 Å². The number of rotatable bonds is 10. The molecule has 0 aromatic heterocycles. The van der Waals surface area contributed by atoms with E-state index in [0.717, 1.165) is 24.8 Å². The lowest BCUT2D eigenvalue weighted by molar-refractivity contribution is -0.238. The standard InChI is InChI=1S/C21H32N2O4/c1-3-5-13-22-15-17(23-19(24)9-4-2)20(25)18-12-14-26-21(27-18)16-10-7-6-8-11-16/h6-8,10-11,15,17-18,20-21,25H,3-5,9,12-14H2,1-2H3,(H,23,24)/t17-,18+,20+,21+/m0/s1. The van der Waals surface area contributed by atoms with E-state index in [1.807, 2.05) is 37.3 Å². The highest BCUT2D eigenvalue weighted by Gasteiger charge is 2.34. The first-order valence-electron chi connectivity index (χ1n) is 9.95. The van der Waals surface area contributed by atoms with E-state index in [4.69, 9.17) is 9.47 Å². The molecular weight excluding hydrogens is 344 g/mol. The molecule has 27 heavy (non-hydrogen) atoms. The molecule has 1 amide bonds. The van der Waals surface area contributed by atoms with Crippen molar-refractivity contribution in [2.75, 3.05) is 13.2 Å². The van der Waals surface area contributed by atoms with Crippen LogP contribution in [0.15, 0.2) is 35.3 Å². The van der Waals surface area contributed by atoms with Crippen molar-refractivity contribution in [2.24, 2.45) is 4.99 Å². The van der Waals surface area contributed by atoms with Crippen LogP contribution in [0.5, 0.6) is 0 Å². The Morgan fingerprint density at radius 1 is 1.33 bits per heavy atom. The minimum Gasteiger partial charge on any atom is -0.388 e. The first kappa shape index (κ1) is 21.5. The maximum Gasteiger partial charge on any atom is 0.220 e. The zero-order valence-corrected chi connectivity index (χ0v) is 16.3. The van der Waals surface area contributed by atoms with E-state index in [2.05, 4.69) is 17.2 Å². The molecule has 1 heterocycles. The van der Waals surface area contributed by atoms with Gasteiger partial charge < -0.3 is 19.9 Å². The van der Waals surface area contributed by atoms with Crippen LogP contribution in [-0.2, 0) is 14.3 Å². The Bertz CT molecular complexity index is 579. The van der Waals surface area contributed by atoms with Gasteiger partial charge in [-0.2, -0.15) is 0 Å². The minimum atomic E-state index is -0.883. The van der Waals surface area contributed by atoms with Crippen LogP contribution in [0, 0.1) is 0 Å². The Kier molecular flexibility index (Phi) is 9.45. The van der Waals surface area contributed by atoms with Gasteiger partial charge in [0.2, 0.25) is 5.91 Å². The molecule has 1 aromatic rings. The van der Waals surface area contributed by atoms with Gasteiger partial charge in [-0.1, -0.05) is 50.6 Å². The van der Waals surface area contributed by atoms with Crippen molar-refractivity contribution >= 4 is 12.1 Å². The second kappa shape index (κ2) is 11.8. The molecule has 1 saturated heterocycles. The molecule has 0 saturated carbocycles. The van der Waals surface area contributed by atoms with E-state index in [1.165, 1.54) is 0 Å². The van der Waals surface area contributed by atoms with Gasteiger partial charge in [0.25, 0.3) is 0 Å². The van der Waals surface area contributed by atoms with Crippen molar-refractivity contribution in [2.45, 2.75) is 70.5 Å². The number of carbonyl (C=O) groups is 1. The fraction of sp³-hybridized carbons (Fsp3) is 0.619. The van der Waals surface area contributed by atoms with E-state index in [0.29, 0.717) is 26.0 Å². The topological polar surface area (TPSA) is 80.2 Å². The van der Waals surface area contributed by atoms with Crippen LogP contribution in [0.2, 0.25) is 0 Å². The van der Waals surface area contributed by atoms with Gasteiger partial charge in [-0.3, -0.25) is 9.79 Å². The molecule has 0 radical (unpaired) electrons. The highest BCUT2D eigenvalue weighted by molar-refractivity contribution is 5.81. The molecule has 6 heteroatoms. The predicted molar refractivity (Wildman–Crippen MR) is 106 cm³/mol. The van der Waals surface area contributed by atoms with Crippen LogP contribution in [0.25, 0.3) is 0 Å². The zero-order chi connectivity index (χ0) is 19.5. The molecule has 2 N–H and O–H groups in total. The lowest BCUT2D eigenvalue weighted by Gasteiger charge is -2.35. The summed E-state index contributed by atoms with van der Waals surface area (Å²) in [5.74, 6) is -0.0878. The largest absolute Gasteiger partial charge is 0.388 e. The summed E-state index contributed by atoms with van der Waals surface area (Å²) in [4.78, 5) is 16.4. The lowest BCUT2D eigenvalue weighted by Crippen LogP contribution is -2.51. The molecule has 150 valence electrons. The van der Waals surface area contributed by atoms with E-state index in [-0.39, 0.29) is 5.91 Å². The summed E-state index contributed by atoms with van der Waals surface area (Å²) in [6.07, 6.45) is 3.60. The van der Waals surface area contributed by atoms with Crippen molar-refractivity contribution in [3.8, 4) is 0 Å². The number of nitrogens with one attached hydrogen (secondary N) is 1. The number of hydrogen-bond acceptors (Lipinski definition) is 5. The third kappa shape index (κ3) is 7.05. The van der Waals surface area contributed by atoms with Crippen LogP contribution in [0.4, 0.5) is 0 Å². The van der Waals surface area contributed by atoms with E-state index < -0.39 is 24.5 Å². The summed E-state index contributed by atoms with van der Waals surface area (Å²) in [7, 11) is 0. The molecule has 4 atom stereocenters. The van der Waals surface area contributed by atoms with Crippen LogP contribution in [-0.4, -0.2) is 48.6 Å². The maximum absolute atomic E-state index is 12.1. The van der Waals surface area contributed by atoms with Crippen LogP contribution in [0.3, 0.4) is 0 Å². The number of benzene rings is 1. The molecule has 0 unspecified atom stereocenters. The third-order valence-corrected chi connectivity index (χ3v) is 4.50. The van der Waals surface area contributed by atoms with Gasteiger partial charge in [0, 0.05) is 24.7 Å². The minimum absolute atomic E-state index is 0.0878. The smallest absolute Gasteiger partial charge is 0.220 e. The van der Waals surface area contributed by atoms with E-state index in [9.17, 15) is 9.90 Å². The number of aliphatic imine (C=N–C) groups is 1. The lowest BCUT2D eigenvalue weighted by atomic mass is 10.0. The first-order valence-corrected chi connectivity index (χ1v) is 9.95. The number of nitrogens with zero attached hydrogens (tertiary/aromatic N) is 1. The molecule has 1 aliphatic rings. The van der Waals surface area contributed by atoms with Gasteiger partial charge in [0.15, 0.2) is 6.29 Å². The zero-order valence-electron chi connectivity index (χ0n) is 16.3. The molecule has 0 aliphatic carbocycles. The van der Waals surface area contributed by atoms with Crippen molar-refractivity contribution < 1.29 is 19.4 Å². The number of aliphatic hydroxyl groups is 1. The second-order valence-corrected chi connectivity index (χ2v) is 6.82. The normalized spacial score (nSPS) is 22.5. The summed E-state index contributed by atoms with van der Waals surface area (Å²) in [6.45, 7) is 5.23. The van der Waals surface area contributed by atoms with Gasteiger partial charge in [-0.15, -0.1) is 0 Å². The van der Waals surface area contributed by atoms with Crippen LogP contribution in [0.1, 0.15) is 57.8 Å². The molecule has 1 aliphatic heterocycles. The fourth-order valence-electron chi connectivity index (χ4n) is 2.96. The summed E-state index contributed by atoms with van der Waals surface area (Å²) >= 11 is 0. The molecule has 6 nitrogen and oxygen atoms in total. The molecule has 0 bridgehead atoms. The average Bonchev–Trinajstić information content (AvgIpc) is 2.70. The van der Waals surface area contributed by atoms with Crippen molar-refractivity contribution in [3.63, 3.8) is 0 Å². The molecule has 1 aromatic carbocycles. The maximum atomic E-state index is 12.1. The number of unbranched alkanes of at least 4 members (excludes halogenated alkanes) is 1. The van der Waals surface area contributed by atoms with Gasteiger partial charge in [-0.05, 0) is 19.3 Å². The highest BCUT2D eigenvalue weighted by atomic mass is 16.7. The van der Waals surface area contributed by atoms with Crippen LogP contribution < -0.4 is 5.32 Å². The summed E-state index contributed by atoms with van der Waals surface area (Å²) < 4.78 is 11.7. The third-order valence-electron chi connectivity index (χ3n) is 4.50. The first-order chi connectivity index (χ1) is 13.2. The second-order valence-electron chi connectivity index (χ2n) is 6.82. The Balaban J connectivity index is 2.03. The average molecular weight is 376 g/mol. The summed E-state index contributed by atoms with van der Waals surface area (Å²) in [5.41, 5.74) is 0.914.